The minimum absolute atomic E-state index is 0.0978. The maximum atomic E-state index is 12.8. The maximum absolute atomic E-state index is 12.8. The van der Waals surface area contributed by atoms with E-state index in [0.29, 0.717) is 19.3 Å². The lowest BCUT2D eigenvalue weighted by molar-refractivity contribution is -0.167. The summed E-state index contributed by atoms with van der Waals surface area (Å²) in [7, 11) is 0. The molecule has 0 unspecified atom stereocenters. The zero-order valence-electron chi connectivity index (χ0n) is 44.2. The molecule has 0 aliphatic rings. The fourth-order valence-corrected chi connectivity index (χ4v) is 7.88. The van der Waals surface area contributed by atoms with Gasteiger partial charge in [0.15, 0.2) is 6.10 Å². The fourth-order valence-electron chi connectivity index (χ4n) is 7.88. The standard InChI is InChI=1S/C61H106O6/c1-4-7-10-13-16-19-22-25-28-30-33-36-39-42-45-48-51-54-60(63)66-57-58(56-65-59(62)53-50-47-44-41-38-35-32-27-24-21-18-15-12-9-6-3)67-61(64)55-52-49-46-43-40-37-34-31-29-26-23-20-17-14-11-8-5-2/h16,18-19,21,25,27-28,32-33,36,42,45,58H,4-15,17,20,22-24,26,29-31,34-35,37-41,43-44,46-57H2,1-3H3/b19-16-,21-18-,28-25-,32-27-,36-33-,45-42-/t58-/m1/s1. The Hall–Kier alpha value is -3.15. The van der Waals surface area contributed by atoms with Crippen molar-refractivity contribution in [3.63, 3.8) is 0 Å². The van der Waals surface area contributed by atoms with E-state index in [4.69, 9.17) is 14.2 Å². The second-order valence-corrected chi connectivity index (χ2v) is 18.8. The molecular weight excluding hydrogens is 829 g/mol. The van der Waals surface area contributed by atoms with Crippen molar-refractivity contribution in [3.05, 3.63) is 72.9 Å². The number of esters is 3. The molecule has 386 valence electrons. The summed E-state index contributed by atoms with van der Waals surface area (Å²) in [6.45, 7) is 6.55. The molecule has 0 aliphatic carbocycles. The highest BCUT2D eigenvalue weighted by Crippen LogP contribution is 2.16. The molecule has 0 heterocycles. The summed E-state index contributed by atoms with van der Waals surface area (Å²) in [5.41, 5.74) is 0. The number of rotatable bonds is 51. The average Bonchev–Trinajstić information content (AvgIpc) is 3.33. The summed E-state index contributed by atoms with van der Waals surface area (Å²) in [4.78, 5) is 38.1. The average molecular weight is 936 g/mol. The van der Waals surface area contributed by atoms with Crippen LogP contribution in [0.1, 0.15) is 278 Å². The third-order valence-corrected chi connectivity index (χ3v) is 12.2. The van der Waals surface area contributed by atoms with Crippen LogP contribution in [0.15, 0.2) is 72.9 Å². The van der Waals surface area contributed by atoms with E-state index >= 15 is 0 Å². The molecule has 0 rings (SSSR count). The number of unbranched alkanes of at least 4 members (excludes halogenated alkanes) is 28. The molecule has 0 bridgehead atoms. The first kappa shape index (κ1) is 63.8. The predicted molar refractivity (Wildman–Crippen MR) is 288 cm³/mol. The Morgan fingerprint density at radius 2 is 0.552 bits per heavy atom. The lowest BCUT2D eigenvalue weighted by atomic mass is 10.0. The summed E-state index contributed by atoms with van der Waals surface area (Å²) in [5.74, 6) is -0.959. The molecule has 67 heavy (non-hydrogen) atoms. The van der Waals surface area contributed by atoms with E-state index in [1.54, 1.807) is 0 Å². The van der Waals surface area contributed by atoms with E-state index in [1.165, 1.54) is 141 Å². The largest absolute Gasteiger partial charge is 0.462 e. The molecule has 0 radical (unpaired) electrons. The molecule has 1 atom stereocenters. The highest BCUT2D eigenvalue weighted by Gasteiger charge is 2.19. The Kier molecular flexibility index (Phi) is 52.8. The Labute approximate surface area is 414 Å². The third kappa shape index (κ3) is 53.7. The zero-order chi connectivity index (χ0) is 48.6. The molecule has 0 amide bonds. The lowest BCUT2D eigenvalue weighted by Crippen LogP contribution is -2.30. The molecule has 6 heteroatoms. The van der Waals surface area contributed by atoms with Crippen LogP contribution in [0.5, 0.6) is 0 Å². The van der Waals surface area contributed by atoms with Crippen LogP contribution in [0.25, 0.3) is 0 Å². The minimum atomic E-state index is -0.802. The van der Waals surface area contributed by atoms with E-state index in [-0.39, 0.29) is 37.5 Å². The van der Waals surface area contributed by atoms with Crippen molar-refractivity contribution in [2.24, 2.45) is 0 Å². The Balaban J connectivity index is 4.47. The van der Waals surface area contributed by atoms with E-state index in [0.717, 1.165) is 89.9 Å². The van der Waals surface area contributed by atoms with Crippen LogP contribution in [0.2, 0.25) is 0 Å². The van der Waals surface area contributed by atoms with Gasteiger partial charge >= 0.3 is 17.9 Å². The van der Waals surface area contributed by atoms with Gasteiger partial charge in [0.1, 0.15) is 13.2 Å². The van der Waals surface area contributed by atoms with E-state index < -0.39 is 6.10 Å². The summed E-state index contributed by atoms with van der Waals surface area (Å²) in [6, 6.07) is 0. The predicted octanol–water partition coefficient (Wildman–Crippen LogP) is 19.0. The highest BCUT2D eigenvalue weighted by atomic mass is 16.6. The van der Waals surface area contributed by atoms with Gasteiger partial charge in [0.2, 0.25) is 0 Å². The molecule has 0 aromatic rings. The molecule has 0 saturated heterocycles. The number of carbonyl (C=O) groups excluding carboxylic acids is 3. The van der Waals surface area contributed by atoms with Crippen molar-refractivity contribution >= 4 is 17.9 Å². The number of hydrogen-bond donors (Lipinski definition) is 0. The Morgan fingerprint density at radius 1 is 0.299 bits per heavy atom. The van der Waals surface area contributed by atoms with Gasteiger partial charge in [-0.3, -0.25) is 14.4 Å². The van der Waals surface area contributed by atoms with Crippen LogP contribution in [-0.2, 0) is 28.6 Å². The second kappa shape index (κ2) is 55.4. The number of allylic oxidation sites excluding steroid dienone is 12. The molecule has 0 aromatic heterocycles. The smallest absolute Gasteiger partial charge is 0.306 e. The van der Waals surface area contributed by atoms with Crippen molar-refractivity contribution in [2.75, 3.05) is 13.2 Å². The van der Waals surface area contributed by atoms with Crippen LogP contribution >= 0.6 is 0 Å². The Bertz CT molecular complexity index is 1260. The van der Waals surface area contributed by atoms with Gasteiger partial charge in [-0.1, -0.05) is 241 Å². The van der Waals surface area contributed by atoms with E-state index in [1.807, 2.05) is 0 Å². The van der Waals surface area contributed by atoms with Crippen molar-refractivity contribution in [3.8, 4) is 0 Å². The number of carbonyl (C=O) groups is 3. The first-order chi connectivity index (χ1) is 33.0. The molecule has 0 fully saturated rings. The van der Waals surface area contributed by atoms with Gasteiger partial charge in [-0.25, -0.2) is 0 Å². The molecule has 0 spiro atoms. The first-order valence-electron chi connectivity index (χ1n) is 28.4. The molecule has 0 N–H and O–H groups in total. The molecule has 0 aliphatic heterocycles. The van der Waals surface area contributed by atoms with Crippen molar-refractivity contribution < 1.29 is 28.6 Å². The highest BCUT2D eigenvalue weighted by molar-refractivity contribution is 5.71. The molecule has 0 aromatic carbocycles. The summed E-state index contributed by atoms with van der Waals surface area (Å²) in [6.07, 6.45) is 70.3. The minimum Gasteiger partial charge on any atom is -0.462 e. The summed E-state index contributed by atoms with van der Waals surface area (Å²) in [5, 5.41) is 0. The second-order valence-electron chi connectivity index (χ2n) is 18.8. The van der Waals surface area contributed by atoms with Gasteiger partial charge in [0.25, 0.3) is 0 Å². The van der Waals surface area contributed by atoms with Crippen LogP contribution in [-0.4, -0.2) is 37.2 Å². The van der Waals surface area contributed by atoms with E-state index in [2.05, 4.69) is 93.7 Å². The third-order valence-electron chi connectivity index (χ3n) is 12.2. The Morgan fingerprint density at radius 3 is 0.925 bits per heavy atom. The monoisotopic (exact) mass is 935 g/mol. The molecule has 0 saturated carbocycles. The lowest BCUT2D eigenvalue weighted by Gasteiger charge is -2.18. The molecular formula is C61H106O6. The number of ether oxygens (including phenoxy) is 3. The van der Waals surface area contributed by atoms with Crippen LogP contribution < -0.4 is 0 Å². The van der Waals surface area contributed by atoms with Crippen molar-refractivity contribution in [1.82, 2.24) is 0 Å². The zero-order valence-corrected chi connectivity index (χ0v) is 44.2. The quantitative estimate of drug-likeness (QED) is 0.0262. The van der Waals surface area contributed by atoms with Crippen LogP contribution in [0, 0.1) is 0 Å². The van der Waals surface area contributed by atoms with Crippen molar-refractivity contribution in [1.29, 1.82) is 0 Å². The van der Waals surface area contributed by atoms with E-state index in [9.17, 15) is 14.4 Å². The topological polar surface area (TPSA) is 78.9 Å². The molecule has 6 nitrogen and oxygen atoms in total. The first-order valence-corrected chi connectivity index (χ1v) is 28.4. The van der Waals surface area contributed by atoms with Gasteiger partial charge in [-0.05, 0) is 89.9 Å². The maximum Gasteiger partial charge on any atom is 0.306 e. The van der Waals surface area contributed by atoms with Gasteiger partial charge < -0.3 is 14.2 Å². The summed E-state index contributed by atoms with van der Waals surface area (Å²) < 4.78 is 16.8. The van der Waals surface area contributed by atoms with Gasteiger partial charge in [0.05, 0.1) is 0 Å². The SMILES string of the molecule is CCCCC/C=C\C/C=C\C/C=C\C/C=C\CCCC(=O)OC[C@@H](COC(=O)CCCCCCC/C=C\C/C=C\CCCCC)OC(=O)CCCCCCCCCCCCCCCCCCC. The van der Waals surface area contributed by atoms with Gasteiger partial charge in [-0.2, -0.15) is 0 Å². The fraction of sp³-hybridized carbons (Fsp3) is 0.754. The van der Waals surface area contributed by atoms with Crippen LogP contribution in [0.4, 0.5) is 0 Å². The van der Waals surface area contributed by atoms with Crippen LogP contribution in [0.3, 0.4) is 0 Å². The van der Waals surface area contributed by atoms with Crippen molar-refractivity contribution in [2.45, 2.75) is 284 Å². The number of hydrogen-bond acceptors (Lipinski definition) is 6. The normalized spacial score (nSPS) is 12.6. The van der Waals surface area contributed by atoms with Gasteiger partial charge in [-0.15, -0.1) is 0 Å². The van der Waals surface area contributed by atoms with Gasteiger partial charge in [0, 0.05) is 19.3 Å². The summed E-state index contributed by atoms with van der Waals surface area (Å²) >= 11 is 0.